The van der Waals surface area contributed by atoms with Crippen molar-refractivity contribution in [3.05, 3.63) is 0 Å². The SMILES string of the molecule is CNC1CCC(C(N)C2CCN(C)C2)CC1. The number of likely N-dealkylation sites (tertiary alicyclic amines) is 1. The Morgan fingerprint density at radius 3 is 2.31 bits per heavy atom. The molecule has 1 aliphatic carbocycles. The van der Waals surface area contributed by atoms with Crippen molar-refractivity contribution in [3.8, 4) is 0 Å². The molecule has 0 radical (unpaired) electrons. The van der Waals surface area contributed by atoms with Crippen LogP contribution in [0.25, 0.3) is 0 Å². The maximum absolute atomic E-state index is 6.46. The van der Waals surface area contributed by atoms with Gasteiger partial charge in [0.15, 0.2) is 0 Å². The maximum atomic E-state index is 6.46. The Kier molecular flexibility index (Phi) is 4.22. The molecule has 16 heavy (non-hydrogen) atoms. The molecule has 0 aromatic carbocycles. The molecule has 0 amide bonds. The van der Waals surface area contributed by atoms with Gasteiger partial charge in [0.1, 0.15) is 0 Å². The van der Waals surface area contributed by atoms with Crippen LogP contribution >= 0.6 is 0 Å². The smallest absolute Gasteiger partial charge is 0.0108 e. The van der Waals surface area contributed by atoms with Gasteiger partial charge in [-0.2, -0.15) is 0 Å². The molecule has 2 atom stereocenters. The van der Waals surface area contributed by atoms with E-state index < -0.39 is 0 Å². The molecule has 0 spiro atoms. The molecule has 1 aliphatic heterocycles. The van der Waals surface area contributed by atoms with Gasteiger partial charge in [-0.25, -0.2) is 0 Å². The molecule has 2 unspecified atom stereocenters. The Labute approximate surface area is 99.8 Å². The standard InChI is InChI=1S/C13H27N3/c1-15-12-5-3-10(4-6-12)13(14)11-7-8-16(2)9-11/h10-13,15H,3-9,14H2,1-2H3. The molecule has 1 saturated carbocycles. The van der Waals surface area contributed by atoms with Crippen molar-refractivity contribution < 1.29 is 0 Å². The van der Waals surface area contributed by atoms with E-state index in [4.69, 9.17) is 5.73 Å². The third-order valence-corrected chi connectivity index (χ3v) is 4.70. The molecule has 1 saturated heterocycles. The average molecular weight is 225 g/mol. The van der Waals surface area contributed by atoms with Crippen LogP contribution in [0, 0.1) is 11.8 Å². The molecule has 3 N–H and O–H groups in total. The zero-order chi connectivity index (χ0) is 11.5. The molecule has 3 heteroatoms. The Hall–Kier alpha value is -0.120. The van der Waals surface area contributed by atoms with E-state index in [1.54, 1.807) is 0 Å². The normalized spacial score (nSPS) is 38.8. The Morgan fingerprint density at radius 1 is 1.12 bits per heavy atom. The first-order valence-electron chi connectivity index (χ1n) is 6.82. The lowest BCUT2D eigenvalue weighted by Crippen LogP contribution is -2.42. The van der Waals surface area contributed by atoms with Gasteiger partial charge in [0.2, 0.25) is 0 Å². The minimum Gasteiger partial charge on any atom is -0.327 e. The third-order valence-electron chi connectivity index (χ3n) is 4.70. The predicted octanol–water partition coefficient (Wildman–Crippen LogP) is 1.04. The molecule has 2 aliphatic rings. The van der Waals surface area contributed by atoms with E-state index in [1.807, 2.05) is 0 Å². The van der Waals surface area contributed by atoms with Gasteiger partial charge in [0.05, 0.1) is 0 Å². The first kappa shape index (κ1) is 12.3. The van der Waals surface area contributed by atoms with E-state index in [1.165, 1.54) is 45.2 Å². The minimum atomic E-state index is 0.447. The molecule has 94 valence electrons. The predicted molar refractivity (Wildman–Crippen MR) is 68.4 cm³/mol. The van der Waals surface area contributed by atoms with Gasteiger partial charge in [-0.3, -0.25) is 0 Å². The molecule has 0 aromatic rings. The van der Waals surface area contributed by atoms with Crippen LogP contribution in [0.4, 0.5) is 0 Å². The van der Waals surface area contributed by atoms with Crippen LogP contribution in [0.1, 0.15) is 32.1 Å². The van der Waals surface area contributed by atoms with E-state index in [0.717, 1.165) is 17.9 Å². The van der Waals surface area contributed by atoms with E-state index in [0.29, 0.717) is 6.04 Å². The number of nitrogens with zero attached hydrogens (tertiary/aromatic N) is 1. The van der Waals surface area contributed by atoms with E-state index in [-0.39, 0.29) is 0 Å². The lowest BCUT2D eigenvalue weighted by Gasteiger charge is -2.34. The van der Waals surface area contributed by atoms with Crippen LogP contribution in [0.3, 0.4) is 0 Å². The summed E-state index contributed by atoms with van der Waals surface area (Å²) in [6.45, 7) is 2.46. The third kappa shape index (κ3) is 2.76. The summed E-state index contributed by atoms with van der Waals surface area (Å²) in [5, 5.41) is 3.39. The number of nitrogens with one attached hydrogen (secondary N) is 1. The molecule has 0 aromatic heterocycles. The second-order valence-electron chi connectivity index (χ2n) is 5.79. The summed E-state index contributed by atoms with van der Waals surface area (Å²) >= 11 is 0. The fourth-order valence-corrected chi connectivity index (χ4v) is 3.46. The quantitative estimate of drug-likeness (QED) is 0.754. The van der Waals surface area contributed by atoms with Gasteiger partial charge < -0.3 is 16.0 Å². The summed E-state index contributed by atoms with van der Waals surface area (Å²) in [6, 6.07) is 1.19. The second kappa shape index (κ2) is 5.48. The Bertz CT molecular complexity index is 211. The molecule has 2 rings (SSSR count). The van der Waals surface area contributed by atoms with Gasteiger partial charge >= 0.3 is 0 Å². The fraction of sp³-hybridized carbons (Fsp3) is 1.00. The summed E-state index contributed by atoms with van der Waals surface area (Å²) in [7, 11) is 4.29. The van der Waals surface area contributed by atoms with Crippen molar-refractivity contribution in [3.63, 3.8) is 0 Å². The van der Waals surface area contributed by atoms with E-state index >= 15 is 0 Å². The van der Waals surface area contributed by atoms with Crippen LogP contribution in [0.2, 0.25) is 0 Å². The van der Waals surface area contributed by atoms with Crippen LogP contribution in [0.15, 0.2) is 0 Å². The molecular weight excluding hydrogens is 198 g/mol. The van der Waals surface area contributed by atoms with Crippen LogP contribution < -0.4 is 11.1 Å². The van der Waals surface area contributed by atoms with Crippen molar-refractivity contribution in [2.75, 3.05) is 27.2 Å². The summed E-state index contributed by atoms with van der Waals surface area (Å²) in [5.74, 6) is 1.53. The van der Waals surface area contributed by atoms with Crippen LogP contribution in [0.5, 0.6) is 0 Å². The largest absolute Gasteiger partial charge is 0.327 e. The Morgan fingerprint density at radius 2 is 1.81 bits per heavy atom. The van der Waals surface area contributed by atoms with Gasteiger partial charge in [-0.15, -0.1) is 0 Å². The molecule has 3 nitrogen and oxygen atoms in total. The van der Waals surface area contributed by atoms with E-state index in [2.05, 4.69) is 24.3 Å². The highest BCUT2D eigenvalue weighted by Gasteiger charge is 2.32. The fourth-order valence-electron chi connectivity index (χ4n) is 3.46. The highest BCUT2D eigenvalue weighted by Crippen LogP contribution is 2.31. The number of hydrogen-bond donors (Lipinski definition) is 2. The van der Waals surface area contributed by atoms with Crippen LogP contribution in [-0.4, -0.2) is 44.2 Å². The Balaban J connectivity index is 1.79. The number of hydrogen-bond acceptors (Lipinski definition) is 3. The molecule has 0 bridgehead atoms. The van der Waals surface area contributed by atoms with Crippen LogP contribution in [-0.2, 0) is 0 Å². The molecule has 2 fully saturated rings. The zero-order valence-corrected chi connectivity index (χ0v) is 10.8. The van der Waals surface area contributed by atoms with Gasteiger partial charge in [-0.05, 0) is 64.6 Å². The van der Waals surface area contributed by atoms with Crippen molar-refractivity contribution >= 4 is 0 Å². The summed E-state index contributed by atoms with van der Waals surface area (Å²) < 4.78 is 0. The first-order chi connectivity index (χ1) is 7.70. The maximum Gasteiger partial charge on any atom is 0.0108 e. The lowest BCUT2D eigenvalue weighted by molar-refractivity contribution is 0.220. The average Bonchev–Trinajstić information content (AvgIpc) is 2.75. The number of nitrogens with two attached hydrogens (primary N) is 1. The van der Waals surface area contributed by atoms with Crippen molar-refractivity contribution in [2.24, 2.45) is 17.6 Å². The summed E-state index contributed by atoms with van der Waals surface area (Å²) in [5.41, 5.74) is 6.46. The van der Waals surface area contributed by atoms with Gasteiger partial charge in [0, 0.05) is 18.6 Å². The van der Waals surface area contributed by atoms with Crippen molar-refractivity contribution in [2.45, 2.75) is 44.2 Å². The summed E-state index contributed by atoms with van der Waals surface area (Å²) in [4.78, 5) is 2.42. The second-order valence-corrected chi connectivity index (χ2v) is 5.79. The first-order valence-corrected chi connectivity index (χ1v) is 6.82. The van der Waals surface area contributed by atoms with E-state index in [9.17, 15) is 0 Å². The van der Waals surface area contributed by atoms with Crippen molar-refractivity contribution in [1.82, 2.24) is 10.2 Å². The zero-order valence-electron chi connectivity index (χ0n) is 10.8. The van der Waals surface area contributed by atoms with Crippen molar-refractivity contribution in [1.29, 1.82) is 0 Å². The van der Waals surface area contributed by atoms with Gasteiger partial charge in [0.25, 0.3) is 0 Å². The highest BCUT2D eigenvalue weighted by molar-refractivity contribution is 4.89. The number of rotatable bonds is 3. The monoisotopic (exact) mass is 225 g/mol. The van der Waals surface area contributed by atoms with Gasteiger partial charge in [-0.1, -0.05) is 0 Å². The topological polar surface area (TPSA) is 41.3 Å². The lowest BCUT2D eigenvalue weighted by atomic mass is 9.77. The molecular formula is C13H27N3. The summed E-state index contributed by atoms with van der Waals surface area (Å²) in [6.07, 6.45) is 6.60. The molecule has 1 heterocycles. The minimum absolute atomic E-state index is 0.447. The highest BCUT2D eigenvalue weighted by atomic mass is 15.1.